The summed E-state index contributed by atoms with van der Waals surface area (Å²) in [6, 6.07) is 2.15. The van der Waals surface area contributed by atoms with Crippen LogP contribution in [0.5, 0.6) is 5.75 Å². The first-order chi connectivity index (χ1) is 7.52. The molecule has 1 fully saturated rings. The number of nitriles is 1. The van der Waals surface area contributed by atoms with Crippen molar-refractivity contribution in [2.75, 3.05) is 0 Å². The Morgan fingerprint density at radius 1 is 1.38 bits per heavy atom. The molecule has 0 bridgehead atoms. The highest BCUT2D eigenvalue weighted by atomic mass is 16.5. The van der Waals surface area contributed by atoms with Gasteiger partial charge in [0.2, 0.25) is 0 Å². The Morgan fingerprint density at radius 2 is 2.06 bits per heavy atom. The highest BCUT2D eigenvalue weighted by Gasteiger charge is 2.29. The van der Waals surface area contributed by atoms with E-state index in [1.807, 2.05) is 0 Å². The van der Waals surface area contributed by atoms with Crippen molar-refractivity contribution < 1.29 is 4.74 Å². The van der Waals surface area contributed by atoms with Crippen LogP contribution in [0, 0.1) is 11.3 Å². The molecule has 1 aromatic rings. The van der Waals surface area contributed by atoms with E-state index in [0.29, 0.717) is 11.7 Å². The molecule has 0 aliphatic heterocycles. The van der Waals surface area contributed by atoms with Crippen LogP contribution >= 0.6 is 0 Å². The van der Waals surface area contributed by atoms with Crippen molar-refractivity contribution in [2.24, 2.45) is 0 Å². The maximum Gasteiger partial charge on any atom is 0.144 e. The predicted octanol–water partition coefficient (Wildman–Crippen LogP) is 2.79. The van der Waals surface area contributed by atoms with Crippen molar-refractivity contribution >= 4 is 0 Å². The molecule has 1 heterocycles. The largest absolute Gasteiger partial charge is 0.489 e. The zero-order valence-corrected chi connectivity index (χ0v) is 9.95. The van der Waals surface area contributed by atoms with E-state index < -0.39 is 0 Å². The molecule has 1 saturated carbocycles. The summed E-state index contributed by atoms with van der Waals surface area (Å²) < 4.78 is 5.84. The minimum atomic E-state index is -0.0515. The lowest BCUT2D eigenvalue weighted by molar-refractivity contribution is 0.293. The third-order valence-electron chi connectivity index (χ3n) is 2.63. The van der Waals surface area contributed by atoms with E-state index in [1.54, 1.807) is 12.4 Å². The Hall–Kier alpha value is -1.56. The molecule has 16 heavy (non-hydrogen) atoms. The second kappa shape index (κ2) is 3.79. The predicted molar refractivity (Wildman–Crippen MR) is 61.3 cm³/mol. The number of rotatable bonds is 2. The van der Waals surface area contributed by atoms with Gasteiger partial charge in [-0.1, -0.05) is 20.8 Å². The van der Waals surface area contributed by atoms with Crippen molar-refractivity contribution in [3.05, 3.63) is 23.5 Å². The van der Waals surface area contributed by atoms with E-state index in [1.165, 1.54) is 0 Å². The summed E-state index contributed by atoms with van der Waals surface area (Å²) in [7, 11) is 0. The van der Waals surface area contributed by atoms with Gasteiger partial charge < -0.3 is 4.74 Å². The monoisotopic (exact) mass is 216 g/mol. The number of aromatic nitrogens is 1. The van der Waals surface area contributed by atoms with E-state index in [-0.39, 0.29) is 5.41 Å². The lowest BCUT2D eigenvalue weighted by atomic mass is 9.87. The fraction of sp³-hybridized carbons (Fsp3) is 0.538. The molecule has 0 atom stereocenters. The molecule has 0 spiro atoms. The van der Waals surface area contributed by atoms with Gasteiger partial charge in [0, 0.05) is 18.0 Å². The molecule has 0 saturated heterocycles. The average Bonchev–Trinajstić information content (AvgIpc) is 3.00. The molecule has 0 amide bonds. The first kappa shape index (κ1) is 10.9. The summed E-state index contributed by atoms with van der Waals surface area (Å²) in [4.78, 5) is 4.11. The highest BCUT2D eigenvalue weighted by molar-refractivity contribution is 5.49. The number of nitrogens with zero attached hydrogens (tertiary/aromatic N) is 2. The van der Waals surface area contributed by atoms with Crippen LogP contribution in [0.4, 0.5) is 0 Å². The van der Waals surface area contributed by atoms with E-state index >= 15 is 0 Å². The molecule has 1 aliphatic carbocycles. The van der Waals surface area contributed by atoms with Crippen LogP contribution in [0.1, 0.15) is 44.7 Å². The summed E-state index contributed by atoms with van der Waals surface area (Å²) in [6.45, 7) is 6.31. The SMILES string of the molecule is CC(C)(C)c1cncc(C#N)c1OC1CC1. The fourth-order valence-electron chi connectivity index (χ4n) is 1.54. The summed E-state index contributed by atoms with van der Waals surface area (Å²) in [5.74, 6) is 0.729. The quantitative estimate of drug-likeness (QED) is 0.763. The number of hydrogen-bond acceptors (Lipinski definition) is 3. The van der Waals surface area contributed by atoms with Crippen molar-refractivity contribution in [2.45, 2.75) is 45.1 Å². The van der Waals surface area contributed by atoms with Crippen LogP contribution in [0.25, 0.3) is 0 Å². The molecule has 0 N–H and O–H groups in total. The molecule has 3 heteroatoms. The van der Waals surface area contributed by atoms with Crippen LogP contribution in [0.15, 0.2) is 12.4 Å². The topological polar surface area (TPSA) is 45.9 Å². The molecule has 2 rings (SSSR count). The molecule has 1 aliphatic rings. The maximum atomic E-state index is 9.07. The summed E-state index contributed by atoms with van der Waals surface area (Å²) in [5, 5.41) is 9.07. The molecule has 0 unspecified atom stereocenters. The van der Waals surface area contributed by atoms with E-state index in [9.17, 15) is 0 Å². The zero-order valence-electron chi connectivity index (χ0n) is 9.95. The number of pyridine rings is 1. The first-order valence-electron chi connectivity index (χ1n) is 5.57. The highest BCUT2D eigenvalue weighted by Crippen LogP contribution is 2.36. The lowest BCUT2D eigenvalue weighted by Gasteiger charge is -2.22. The average molecular weight is 216 g/mol. The van der Waals surface area contributed by atoms with Crippen molar-refractivity contribution in [3.63, 3.8) is 0 Å². The molecular weight excluding hydrogens is 200 g/mol. The molecule has 3 nitrogen and oxygen atoms in total. The summed E-state index contributed by atoms with van der Waals surface area (Å²) in [6.07, 6.45) is 5.87. The van der Waals surface area contributed by atoms with Gasteiger partial charge in [0.25, 0.3) is 0 Å². The lowest BCUT2D eigenvalue weighted by Crippen LogP contribution is -2.15. The molecule has 0 aromatic carbocycles. The maximum absolute atomic E-state index is 9.07. The van der Waals surface area contributed by atoms with Crippen molar-refractivity contribution in [3.8, 4) is 11.8 Å². The van der Waals surface area contributed by atoms with Crippen molar-refractivity contribution in [1.29, 1.82) is 5.26 Å². The molecular formula is C13H16N2O. The van der Waals surface area contributed by atoms with Gasteiger partial charge in [-0.2, -0.15) is 5.26 Å². The second-order valence-corrected chi connectivity index (χ2v) is 5.24. The normalized spacial score (nSPS) is 15.6. The Balaban J connectivity index is 2.46. The van der Waals surface area contributed by atoms with Crippen LogP contribution in [0.2, 0.25) is 0 Å². The number of ether oxygens (including phenoxy) is 1. The van der Waals surface area contributed by atoms with Crippen LogP contribution in [-0.4, -0.2) is 11.1 Å². The van der Waals surface area contributed by atoms with Crippen molar-refractivity contribution in [1.82, 2.24) is 4.98 Å². The van der Waals surface area contributed by atoms with E-state index in [4.69, 9.17) is 10.00 Å². The molecule has 0 radical (unpaired) electrons. The van der Waals surface area contributed by atoms with Crippen LogP contribution < -0.4 is 4.74 Å². The van der Waals surface area contributed by atoms with Gasteiger partial charge in [-0.05, 0) is 18.3 Å². The smallest absolute Gasteiger partial charge is 0.144 e. The van der Waals surface area contributed by atoms with Gasteiger partial charge >= 0.3 is 0 Å². The molecule has 84 valence electrons. The summed E-state index contributed by atoms with van der Waals surface area (Å²) in [5.41, 5.74) is 1.50. The van der Waals surface area contributed by atoms with Crippen LogP contribution in [-0.2, 0) is 5.41 Å². The summed E-state index contributed by atoms with van der Waals surface area (Å²) >= 11 is 0. The minimum Gasteiger partial charge on any atom is -0.489 e. The zero-order chi connectivity index (χ0) is 11.8. The van der Waals surface area contributed by atoms with Crippen LogP contribution in [0.3, 0.4) is 0 Å². The van der Waals surface area contributed by atoms with Gasteiger partial charge in [-0.15, -0.1) is 0 Å². The third kappa shape index (κ3) is 2.16. The Kier molecular flexibility index (Phi) is 2.59. The second-order valence-electron chi connectivity index (χ2n) is 5.24. The van der Waals surface area contributed by atoms with Gasteiger partial charge in [0.15, 0.2) is 0 Å². The van der Waals surface area contributed by atoms with Gasteiger partial charge in [0.05, 0.1) is 6.10 Å². The Bertz CT molecular complexity index is 436. The van der Waals surface area contributed by atoms with E-state index in [2.05, 4.69) is 31.8 Å². The minimum absolute atomic E-state index is 0.0515. The fourth-order valence-corrected chi connectivity index (χ4v) is 1.54. The Labute approximate surface area is 96.1 Å². The van der Waals surface area contributed by atoms with Gasteiger partial charge in [-0.25, -0.2) is 0 Å². The molecule has 1 aromatic heterocycles. The first-order valence-corrected chi connectivity index (χ1v) is 5.57. The van der Waals surface area contributed by atoms with E-state index in [0.717, 1.165) is 24.2 Å². The van der Waals surface area contributed by atoms with Gasteiger partial charge in [-0.3, -0.25) is 4.98 Å². The third-order valence-corrected chi connectivity index (χ3v) is 2.63. The Morgan fingerprint density at radius 3 is 2.56 bits per heavy atom. The van der Waals surface area contributed by atoms with Gasteiger partial charge in [0.1, 0.15) is 17.4 Å². The number of hydrogen-bond donors (Lipinski definition) is 0. The standard InChI is InChI=1S/C13H16N2O/c1-13(2,3)11-8-15-7-9(6-14)12(11)16-10-4-5-10/h7-8,10H,4-5H2,1-3H3.